The molecule has 4 nitrogen and oxygen atoms in total. The third kappa shape index (κ3) is 2.00. The molecule has 1 aromatic heterocycles. The maximum Gasteiger partial charge on any atom is 0.126 e. The van der Waals surface area contributed by atoms with Crippen LogP contribution in [0.5, 0.6) is 0 Å². The fourth-order valence-corrected chi connectivity index (χ4v) is 2.39. The lowest BCUT2D eigenvalue weighted by Crippen LogP contribution is -2.40. The zero-order valence-corrected chi connectivity index (χ0v) is 11.2. The van der Waals surface area contributed by atoms with Crippen LogP contribution < -0.4 is 5.32 Å². The first-order valence-electron chi connectivity index (χ1n) is 6.15. The van der Waals surface area contributed by atoms with Crippen LogP contribution in [0.2, 0.25) is 5.02 Å². The molecule has 0 spiro atoms. The summed E-state index contributed by atoms with van der Waals surface area (Å²) in [5, 5.41) is 4.19. The van der Waals surface area contributed by atoms with Gasteiger partial charge in [-0.15, -0.1) is 0 Å². The Hall–Kier alpha value is -1.10. The number of fused-ring (bicyclic) bond motifs is 1. The van der Waals surface area contributed by atoms with E-state index in [0.717, 1.165) is 34.0 Å². The lowest BCUT2D eigenvalue weighted by atomic mass is 10.2. The van der Waals surface area contributed by atoms with Gasteiger partial charge in [-0.1, -0.05) is 11.6 Å². The smallest absolute Gasteiger partial charge is 0.126 e. The molecule has 1 aliphatic heterocycles. The van der Waals surface area contributed by atoms with Crippen LogP contribution in [0.1, 0.15) is 24.4 Å². The van der Waals surface area contributed by atoms with E-state index in [1.54, 1.807) is 0 Å². The number of aromatic nitrogens is 2. The molecular weight excluding hydrogens is 250 g/mol. The van der Waals surface area contributed by atoms with Crippen LogP contribution in [0.25, 0.3) is 11.0 Å². The highest BCUT2D eigenvalue weighted by Crippen LogP contribution is 2.25. The number of morpholine rings is 1. The number of ether oxygens (including phenoxy) is 1. The molecule has 3 rings (SSSR count). The van der Waals surface area contributed by atoms with Crippen molar-refractivity contribution in [2.75, 3.05) is 13.2 Å². The molecule has 0 radical (unpaired) electrons. The van der Waals surface area contributed by atoms with Gasteiger partial charge < -0.3 is 15.0 Å². The molecule has 0 unspecified atom stereocenters. The second-order valence-corrected chi connectivity index (χ2v) is 5.20. The number of rotatable bonds is 1. The molecule has 2 atom stereocenters. The van der Waals surface area contributed by atoms with Crippen LogP contribution in [0.15, 0.2) is 12.1 Å². The summed E-state index contributed by atoms with van der Waals surface area (Å²) in [6, 6.07) is 3.96. The molecule has 2 aromatic rings. The average molecular weight is 266 g/mol. The van der Waals surface area contributed by atoms with Crippen molar-refractivity contribution in [2.24, 2.45) is 0 Å². The lowest BCUT2D eigenvalue weighted by molar-refractivity contribution is 0.0132. The Balaban J connectivity index is 1.96. The molecule has 1 saturated heterocycles. The van der Waals surface area contributed by atoms with Gasteiger partial charge in [-0.2, -0.15) is 0 Å². The number of H-pyrrole nitrogens is 1. The van der Waals surface area contributed by atoms with E-state index in [1.807, 2.05) is 19.1 Å². The Morgan fingerprint density at radius 1 is 1.44 bits per heavy atom. The number of imidazole rings is 1. The molecule has 2 heterocycles. The van der Waals surface area contributed by atoms with Crippen molar-refractivity contribution in [2.45, 2.75) is 26.0 Å². The molecule has 0 bridgehead atoms. The number of hydrogen-bond donors (Lipinski definition) is 2. The Kier molecular flexibility index (Phi) is 3.01. The minimum absolute atomic E-state index is 0.131. The highest BCUT2D eigenvalue weighted by atomic mass is 35.5. The average Bonchev–Trinajstić information content (AvgIpc) is 2.80. The van der Waals surface area contributed by atoms with Crippen LogP contribution in [0, 0.1) is 6.92 Å². The molecule has 5 heteroatoms. The summed E-state index contributed by atoms with van der Waals surface area (Å²) in [5.74, 6) is 0.919. The second kappa shape index (κ2) is 4.53. The van der Waals surface area contributed by atoms with Crippen LogP contribution in [0.3, 0.4) is 0 Å². The zero-order chi connectivity index (χ0) is 12.7. The molecule has 1 aromatic carbocycles. The summed E-state index contributed by atoms with van der Waals surface area (Å²) in [5.41, 5.74) is 3.00. The summed E-state index contributed by atoms with van der Waals surface area (Å²) in [6.07, 6.45) is 0.266. The van der Waals surface area contributed by atoms with Crippen molar-refractivity contribution in [1.29, 1.82) is 0 Å². The summed E-state index contributed by atoms with van der Waals surface area (Å²) in [7, 11) is 0. The van der Waals surface area contributed by atoms with E-state index in [-0.39, 0.29) is 12.1 Å². The number of nitrogens with zero attached hydrogens (tertiary/aromatic N) is 1. The van der Waals surface area contributed by atoms with Crippen LogP contribution in [0.4, 0.5) is 0 Å². The molecule has 18 heavy (non-hydrogen) atoms. The van der Waals surface area contributed by atoms with Gasteiger partial charge in [-0.25, -0.2) is 4.98 Å². The number of halogens is 1. The first-order valence-corrected chi connectivity index (χ1v) is 6.52. The van der Waals surface area contributed by atoms with E-state index >= 15 is 0 Å². The third-order valence-corrected chi connectivity index (χ3v) is 3.81. The van der Waals surface area contributed by atoms with E-state index in [4.69, 9.17) is 16.3 Å². The quantitative estimate of drug-likeness (QED) is 0.833. The molecule has 0 saturated carbocycles. The van der Waals surface area contributed by atoms with Crippen molar-refractivity contribution in [3.8, 4) is 0 Å². The normalized spacial score (nSPS) is 24.6. The first-order chi connectivity index (χ1) is 8.65. The highest BCUT2D eigenvalue weighted by molar-refractivity contribution is 6.32. The maximum absolute atomic E-state index is 6.11. The highest BCUT2D eigenvalue weighted by Gasteiger charge is 2.22. The number of aromatic amines is 1. The zero-order valence-electron chi connectivity index (χ0n) is 10.5. The van der Waals surface area contributed by atoms with E-state index in [1.165, 1.54) is 0 Å². The number of hydrogen-bond acceptors (Lipinski definition) is 3. The summed E-state index contributed by atoms with van der Waals surface area (Å²) >= 11 is 6.11. The first kappa shape index (κ1) is 12.0. The van der Waals surface area contributed by atoms with Crippen LogP contribution >= 0.6 is 11.6 Å². The monoisotopic (exact) mass is 265 g/mol. The molecule has 1 fully saturated rings. The maximum atomic E-state index is 6.11. The fraction of sp³-hybridized carbons (Fsp3) is 0.462. The molecule has 0 aliphatic carbocycles. The van der Waals surface area contributed by atoms with E-state index in [2.05, 4.69) is 22.2 Å². The molecule has 2 N–H and O–H groups in total. The van der Waals surface area contributed by atoms with Crippen molar-refractivity contribution >= 4 is 22.6 Å². The van der Waals surface area contributed by atoms with Gasteiger partial charge in [-0.05, 0) is 31.5 Å². The topological polar surface area (TPSA) is 49.9 Å². The van der Waals surface area contributed by atoms with Gasteiger partial charge in [0.2, 0.25) is 0 Å². The Morgan fingerprint density at radius 3 is 3.00 bits per heavy atom. The third-order valence-electron chi connectivity index (χ3n) is 3.40. The van der Waals surface area contributed by atoms with Crippen molar-refractivity contribution < 1.29 is 4.74 Å². The van der Waals surface area contributed by atoms with Crippen LogP contribution in [-0.4, -0.2) is 29.2 Å². The van der Waals surface area contributed by atoms with Gasteiger partial charge in [0.05, 0.1) is 29.8 Å². The Morgan fingerprint density at radius 2 is 2.28 bits per heavy atom. The lowest BCUT2D eigenvalue weighted by Gasteiger charge is -2.26. The van der Waals surface area contributed by atoms with Gasteiger partial charge in [0, 0.05) is 11.6 Å². The Bertz CT molecular complexity index is 573. The number of aryl methyl sites for hydroxylation is 1. The summed E-state index contributed by atoms with van der Waals surface area (Å²) < 4.78 is 5.65. The standard InChI is InChI=1S/C13H16ClN3O/c1-7-5-15-11(6-18-7)13-16-10-4-3-9(14)8(2)12(10)17-13/h3-4,7,11,15H,5-6H2,1-2H3,(H,16,17)/t7-,11-/m1/s1. The van der Waals surface area contributed by atoms with Crippen molar-refractivity contribution in [3.05, 3.63) is 28.5 Å². The fourth-order valence-electron chi connectivity index (χ4n) is 2.24. The molecule has 0 amide bonds. The van der Waals surface area contributed by atoms with Gasteiger partial charge in [0.15, 0.2) is 0 Å². The van der Waals surface area contributed by atoms with E-state index in [9.17, 15) is 0 Å². The van der Waals surface area contributed by atoms with Gasteiger partial charge in [-0.3, -0.25) is 0 Å². The Labute approximate surface area is 111 Å². The van der Waals surface area contributed by atoms with Crippen LogP contribution in [-0.2, 0) is 4.74 Å². The number of nitrogens with one attached hydrogen (secondary N) is 2. The second-order valence-electron chi connectivity index (χ2n) is 4.79. The van der Waals surface area contributed by atoms with Gasteiger partial charge in [0.1, 0.15) is 5.82 Å². The van der Waals surface area contributed by atoms with Gasteiger partial charge in [0.25, 0.3) is 0 Å². The molecule has 1 aliphatic rings. The SMILES string of the molecule is Cc1c(Cl)ccc2nc([C@H]3CO[C@H](C)CN3)[nH]c12. The molecule has 96 valence electrons. The predicted molar refractivity (Wildman–Crippen MR) is 72.0 cm³/mol. The summed E-state index contributed by atoms with van der Waals surface area (Å²) in [4.78, 5) is 7.96. The minimum Gasteiger partial charge on any atom is -0.375 e. The van der Waals surface area contributed by atoms with Gasteiger partial charge >= 0.3 is 0 Å². The predicted octanol–water partition coefficient (Wildman–Crippen LogP) is 2.57. The van der Waals surface area contributed by atoms with Crippen molar-refractivity contribution in [3.63, 3.8) is 0 Å². The molecular formula is C13H16ClN3O. The van der Waals surface area contributed by atoms with E-state index in [0.29, 0.717) is 6.61 Å². The summed E-state index contributed by atoms with van der Waals surface area (Å²) in [6.45, 7) is 5.56. The largest absolute Gasteiger partial charge is 0.375 e. The number of benzene rings is 1. The van der Waals surface area contributed by atoms with E-state index < -0.39 is 0 Å². The van der Waals surface area contributed by atoms with Crippen molar-refractivity contribution in [1.82, 2.24) is 15.3 Å². The minimum atomic E-state index is 0.131.